The van der Waals surface area contributed by atoms with Crippen molar-refractivity contribution in [3.8, 4) is 0 Å². The van der Waals surface area contributed by atoms with Crippen LogP contribution in [0.2, 0.25) is 0 Å². The van der Waals surface area contributed by atoms with E-state index in [1.165, 1.54) is 0 Å². The number of nitrogens with two attached hydrogens (primary N) is 2. The van der Waals surface area contributed by atoms with Gasteiger partial charge in [0.25, 0.3) is 0 Å². The number of rotatable bonds is 7. The molecule has 0 rings (SSSR count). The summed E-state index contributed by atoms with van der Waals surface area (Å²) in [6, 6.07) is 0.622. The van der Waals surface area contributed by atoms with Gasteiger partial charge < -0.3 is 16.4 Å². The highest BCUT2D eigenvalue weighted by molar-refractivity contribution is 4.69. The fourth-order valence-corrected chi connectivity index (χ4v) is 1.79. The van der Waals surface area contributed by atoms with E-state index in [4.69, 9.17) is 11.5 Å². The maximum absolute atomic E-state index is 6.03. The molecule has 0 bridgehead atoms. The van der Waals surface area contributed by atoms with Crippen molar-refractivity contribution in [3.63, 3.8) is 0 Å². The van der Waals surface area contributed by atoms with Gasteiger partial charge in [0.15, 0.2) is 0 Å². The van der Waals surface area contributed by atoms with Crippen molar-refractivity contribution in [2.45, 2.75) is 45.2 Å². The summed E-state index contributed by atoms with van der Waals surface area (Å²) in [4.78, 5) is 2.18. The molecule has 14 heavy (non-hydrogen) atoms. The van der Waals surface area contributed by atoms with Crippen LogP contribution in [-0.4, -0.2) is 37.6 Å². The maximum Gasteiger partial charge on any atom is 0.00535 e. The Morgan fingerprint density at radius 2 is 1.64 bits per heavy atom. The Kier molecular flexibility index (Phi) is 7.15. The minimum atomic E-state index is 0.297. The molecule has 3 heteroatoms. The summed E-state index contributed by atoms with van der Waals surface area (Å²) in [5, 5.41) is 0. The van der Waals surface area contributed by atoms with Crippen LogP contribution in [0.1, 0.15) is 33.1 Å². The second-order valence-corrected chi connectivity index (χ2v) is 4.91. The first-order valence-electron chi connectivity index (χ1n) is 5.57. The molecule has 86 valence electrons. The molecule has 0 spiro atoms. The minimum Gasteiger partial charge on any atom is -0.328 e. The lowest BCUT2D eigenvalue weighted by Crippen LogP contribution is -2.29. The summed E-state index contributed by atoms with van der Waals surface area (Å²) in [5.74, 6) is 0.646. The van der Waals surface area contributed by atoms with E-state index in [0.717, 1.165) is 25.8 Å². The fourth-order valence-electron chi connectivity index (χ4n) is 1.79. The molecular formula is C11H27N3. The van der Waals surface area contributed by atoms with Gasteiger partial charge in [0, 0.05) is 12.1 Å². The van der Waals surface area contributed by atoms with Crippen LogP contribution in [0.3, 0.4) is 0 Å². The van der Waals surface area contributed by atoms with E-state index in [0.29, 0.717) is 18.0 Å². The minimum absolute atomic E-state index is 0.297. The normalized spacial score (nSPS) is 18.2. The lowest BCUT2D eigenvalue weighted by molar-refractivity contribution is 0.345. The van der Waals surface area contributed by atoms with Crippen LogP contribution >= 0.6 is 0 Å². The highest BCUT2D eigenvalue weighted by Crippen LogP contribution is 2.12. The maximum atomic E-state index is 6.03. The van der Waals surface area contributed by atoms with E-state index in [-0.39, 0.29) is 0 Å². The van der Waals surface area contributed by atoms with E-state index in [9.17, 15) is 0 Å². The number of hydrogen-bond donors (Lipinski definition) is 2. The van der Waals surface area contributed by atoms with Crippen LogP contribution in [0.5, 0.6) is 0 Å². The molecule has 0 amide bonds. The van der Waals surface area contributed by atoms with Crippen molar-refractivity contribution >= 4 is 0 Å². The summed E-state index contributed by atoms with van der Waals surface area (Å²) >= 11 is 0. The highest BCUT2D eigenvalue weighted by Gasteiger charge is 2.10. The molecule has 0 aromatic heterocycles. The smallest absolute Gasteiger partial charge is 0.00535 e. The van der Waals surface area contributed by atoms with Crippen molar-refractivity contribution in [2.24, 2.45) is 17.4 Å². The zero-order valence-electron chi connectivity index (χ0n) is 10.2. The molecule has 0 radical (unpaired) electrons. The predicted octanol–water partition coefficient (Wildman–Crippen LogP) is 1.03. The van der Waals surface area contributed by atoms with E-state index in [2.05, 4.69) is 32.8 Å². The van der Waals surface area contributed by atoms with Crippen molar-refractivity contribution < 1.29 is 0 Å². The highest BCUT2D eigenvalue weighted by atomic mass is 15.0. The number of hydrogen-bond acceptors (Lipinski definition) is 3. The molecule has 0 aliphatic carbocycles. The van der Waals surface area contributed by atoms with Gasteiger partial charge in [-0.2, -0.15) is 0 Å². The topological polar surface area (TPSA) is 55.3 Å². The van der Waals surface area contributed by atoms with Gasteiger partial charge in [-0.1, -0.05) is 6.92 Å². The molecule has 3 nitrogen and oxygen atoms in total. The lowest BCUT2D eigenvalue weighted by Gasteiger charge is -2.20. The first-order valence-corrected chi connectivity index (χ1v) is 5.57. The molecule has 0 fully saturated rings. The third-order valence-corrected chi connectivity index (χ3v) is 2.43. The zero-order chi connectivity index (χ0) is 11.1. The van der Waals surface area contributed by atoms with Gasteiger partial charge >= 0.3 is 0 Å². The van der Waals surface area contributed by atoms with Crippen LogP contribution in [0.4, 0.5) is 0 Å². The largest absolute Gasteiger partial charge is 0.328 e. The van der Waals surface area contributed by atoms with Crippen molar-refractivity contribution in [1.82, 2.24) is 4.90 Å². The van der Waals surface area contributed by atoms with Gasteiger partial charge in [0.2, 0.25) is 0 Å². The molecular weight excluding hydrogens is 174 g/mol. The average molecular weight is 201 g/mol. The standard InChI is InChI=1S/C11H27N3/c1-9(7-10(2)12)8-11(13)5-6-14(3)4/h9-11H,5-8,12-13H2,1-4H3. The van der Waals surface area contributed by atoms with Gasteiger partial charge in [-0.15, -0.1) is 0 Å². The SMILES string of the molecule is CC(N)CC(C)CC(N)CCN(C)C. The van der Waals surface area contributed by atoms with Crippen LogP contribution in [-0.2, 0) is 0 Å². The Bertz CT molecular complexity index is 134. The quantitative estimate of drug-likeness (QED) is 0.647. The molecule has 3 atom stereocenters. The molecule has 0 aromatic carbocycles. The Morgan fingerprint density at radius 3 is 2.07 bits per heavy atom. The average Bonchev–Trinajstić information content (AvgIpc) is 1.98. The third-order valence-electron chi connectivity index (χ3n) is 2.43. The summed E-state index contributed by atoms with van der Waals surface area (Å²) < 4.78 is 0. The Labute approximate surface area is 88.8 Å². The molecule has 3 unspecified atom stereocenters. The van der Waals surface area contributed by atoms with Crippen molar-refractivity contribution in [2.75, 3.05) is 20.6 Å². The molecule has 4 N–H and O–H groups in total. The first-order chi connectivity index (χ1) is 6.41. The third kappa shape index (κ3) is 8.48. The van der Waals surface area contributed by atoms with E-state index >= 15 is 0 Å². The predicted molar refractivity (Wildman–Crippen MR) is 63.2 cm³/mol. The molecule has 0 heterocycles. The van der Waals surface area contributed by atoms with Crippen molar-refractivity contribution in [3.05, 3.63) is 0 Å². The van der Waals surface area contributed by atoms with Gasteiger partial charge in [0.1, 0.15) is 0 Å². The van der Waals surface area contributed by atoms with Gasteiger partial charge in [-0.25, -0.2) is 0 Å². The Hall–Kier alpha value is -0.120. The molecule has 0 saturated carbocycles. The van der Waals surface area contributed by atoms with Crippen LogP contribution in [0.15, 0.2) is 0 Å². The van der Waals surface area contributed by atoms with Gasteiger partial charge in [-0.05, 0) is 52.7 Å². The molecule has 0 saturated heterocycles. The number of nitrogens with zero attached hydrogens (tertiary/aromatic N) is 1. The van der Waals surface area contributed by atoms with Crippen molar-refractivity contribution in [1.29, 1.82) is 0 Å². The second kappa shape index (κ2) is 7.21. The monoisotopic (exact) mass is 201 g/mol. The summed E-state index contributed by atoms with van der Waals surface area (Å²) in [6.07, 6.45) is 3.25. The molecule has 0 aliphatic rings. The second-order valence-electron chi connectivity index (χ2n) is 4.91. The molecule has 0 aromatic rings. The van der Waals surface area contributed by atoms with Gasteiger partial charge in [-0.3, -0.25) is 0 Å². The Balaban J connectivity index is 3.55. The van der Waals surface area contributed by atoms with E-state index in [1.807, 2.05) is 0 Å². The summed E-state index contributed by atoms with van der Waals surface area (Å²) in [6.45, 7) is 5.37. The fraction of sp³-hybridized carbons (Fsp3) is 1.00. The first kappa shape index (κ1) is 13.9. The molecule has 0 aliphatic heterocycles. The summed E-state index contributed by atoms with van der Waals surface area (Å²) in [5.41, 5.74) is 11.8. The zero-order valence-corrected chi connectivity index (χ0v) is 10.2. The van der Waals surface area contributed by atoms with Crippen LogP contribution in [0.25, 0.3) is 0 Å². The van der Waals surface area contributed by atoms with Gasteiger partial charge in [0.05, 0.1) is 0 Å². The Morgan fingerprint density at radius 1 is 1.07 bits per heavy atom. The van der Waals surface area contributed by atoms with E-state index < -0.39 is 0 Å². The van der Waals surface area contributed by atoms with Crippen LogP contribution in [0, 0.1) is 5.92 Å². The van der Waals surface area contributed by atoms with E-state index in [1.54, 1.807) is 0 Å². The lowest BCUT2D eigenvalue weighted by atomic mass is 9.94. The summed E-state index contributed by atoms with van der Waals surface area (Å²) in [7, 11) is 4.16. The van der Waals surface area contributed by atoms with Crippen LogP contribution < -0.4 is 11.5 Å².